The molecule has 1 fully saturated rings. The molecule has 2 aromatic carbocycles. The molecule has 0 bridgehead atoms. The maximum Gasteiger partial charge on any atom is 0.243 e. The summed E-state index contributed by atoms with van der Waals surface area (Å²) in [6.07, 6.45) is 1.58. The van der Waals surface area contributed by atoms with Gasteiger partial charge in [-0.2, -0.15) is 4.31 Å². The van der Waals surface area contributed by atoms with E-state index in [2.05, 4.69) is 36.5 Å². The minimum absolute atomic E-state index is 0.296. The molecule has 6 heteroatoms. The number of piperidine rings is 1. The monoisotopic (exact) mass is 364 g/mol. The third-order valence-electron chi connectivity index (χ3n) is 4.33. The van der Waals surface area contributed by atoms with Crippen molar-refractivity contribution in [1.82, 2.24) is 4.31 Å². The van der Waals surface area contributed by atoms with Crippen molar-refractivity contribution in [1.29, 1.82) is 0 Å². The van der Waals surface area contributed by atoms with Crippen molar-refractivity contribution in [3.05, 3.63) is 59.1 Å². The molecule has 0 aromatic heterocycles. The van der Waals surface area contributed by atoms with Crippen molar-refractivity contribution in [2.24, 2.45) is 0 Å². The lowest BCUT2D eigenvalue weighted by Gasteiger charge is -2.32. The fourth-order valence-corrected chi connectivity index (χ4v) is 4.48. The standard InChI is InChI=1S/C18H21ClN2O2S/c1-14-2-6-16(7-3-14)20-17-10-12-21(13-11-17)24(22,23)18-8-4-15(19)5-9-18/h2-9,17,20H,10-13H2,1H3. The van der Waals surface area contributed by atoms with Crippen LogP contribution in [0.25, 0.3) is 0 Å². The van der Waals surface area contributed by atoms with Crippen LogP contribution in [0.2, 0.25) is 5.02 Å². The summed E-state index contributed by atoms with van der Waals surface area (Å²) in [5.41, 5.74) is 2.31. The van der Waals surface area contributed by atoms with Crippen LogP contribution in [0.4, 0.5) is 5.69 Å². The maximum atomic E-state index is 12.7. The average molecular weight is 365 g/mol. The summed E-state index contributed by atoms with van der Waals surface area (Å²) < 4.78 is 26.9. The smallest absolute Gasteiger partial charge is 0.243 e. The Morgan fingerprint density at radius 3 is 2.17 bits per heavy atom. The van der Waals surface area contributed by atoms with Gasteiger partial charge in [0.15, 0.2) is 0 Å². The van der Waals surface area contributed by atoms with Crippen molar-refractivity contribution in [3.8, 4) is 0 Å². The van der Waals surface area contributed by atoms with Gasteiger partial charge in [-0.3, -0.25) is 0 Å². The molecule has 2 aromatic rings. The molecule has 0 radical (unpaired) electrons. The van der Waals surface area contributed by atoms with Gasteiger partial charge in [0.25, 0.3) is 0 Å². The Hall–Kier alpha value is -1.56. The SMILES string of the molecule is Cc1ccc(NC2CCN(S(=O)(=O)c3ccc(Cl)cc3)CC2)cc1. The van der Waals surface area contributed by atoms with Gasteiger partial charge in [0.1, 0.15) is 0 Å². The Labute approximate surface area is 148 Å². The number of nitrogens with one attached hydrogen (secondary N) is 1. The molecule has 1 heterocycles. The van der Waals surface area contributed by atoms with Crippen molar-refractivity contribution in [2.45, 2.75) is 30.7 Å². The topological polar surface area (TPSA) is 49.4 Å². The molecule has 1 N–H and O–H groups in total. The molecule has 24 heavy (non-hydrogen) atoms. The molecule has 0 saturated carbocycles. The lowest BCUT2D eigenvalue weighted by molar-refractivity contribution is 0.330. The second kappa shape index (κ2) is 7.13. The van der Waals surface area contributed by atoms with Crippen LogP contribution in [0.3, 0.4) is 0 Å². The largest absolute Gasteiger partial charge is 0.382 e. The number of hydrogen-bond acceptors (Lipinski definition) is 3. The molecule has 0 aliphatic carbocycles. The molecule has 0 unspecified atom stereocenters. The van der Waals surface area contributed by atoms with Gasteiger partial charge in [-0.25, -0.2) is 8.42 Å². The molecule has 1 aliphatic rings. The van der Waals surface area contributed by atoms with Gasteiger partial charge in [0.05, 0.1) is 4.90 Å². The molecule has 3 rings (SSSR count). The zero-order valence-corrected chi connectivity index (χ0v) is 15.1. The van der Waals surface area contributed by atoms with Crippen molar-refractivity contribution in [2.75, 3.05) is 18.4 Å². The van der Waals surface area contributed by atoms with E-state index < -0.39 is 10.0 Å². The van der Waals surface area contributed by atoms with E-state index in [1.807, 2.05) is 0 Å². The van der Waals surface area contributed by atoms with Crippen LogP contribution < -0.4 is 5.32 Å². The number of aryl methyl sites for hydroxylation is 1. The predicted molar refractivity (Wildman–Crippen MR) is 98.0 cm³/mol. The second-order valence-electron chi connectivity index (χ2n) is 6.14. The molecule has 1 saturated heterocycles. The Balaban J connectivity index is 1.62. The van der Waals surface area contributed by atoms with Crippen LogP contribution in [-0.4, -0.2) is 31.9 Å². The maximum absolute atomic E-state index is 12.7. The van der Waals surface area contributed by atoms with E-state index in [0.29, 0.717) is 29.0 Å². The molecule has 4 nitrogen and oxygen atoms in total. The van der Waals surface area contributed by atoms with Gasteiger partial charge in [-0.15, -0.1) is 0 Å². The fraction of sp³-hybridized carbons (Fsp3) is 0.333. The van der Waals surface area contributed by atoms with Crippen LogP contribution in [0.1, 0.15) is 18.4 Å². The lowest BCUT2D eigenvalue weighted by atomic mass is 10.1. The van der Waals surface area contributed by atoms with Gasteiger partial charge in [0, 0.05) is 29.8 Å². The van der Waals surface area contributed by atoms with E-state index in [1.165, 1.54) is 5.56 Å². The number of halogens is 1. The lowest BCUT2D eigenvalue weighted by Crippen LogP contribution is -2.42. The van der Waals surface area contributed by atoms with Crippen molar-refractivity contribution in [3.63, 3.8) is 0 Å². The fourth-order valence-electron chi connectivity index (χ4n) is 2.88. The Morgan fingerprint density at radius 1 is 1.00 bits per heavy atom. The van der Waals surface area contributed by atoms with E-state index in [0.717, 1.165) is 18.5 Å². The van der Waals surface area contributed by atoms with Gasteiger partial charge < -0.3 is 5.32 Å². The first-order chi connectivity index (χ1) is 11.4. The summed E-state index contributed by atoms with van der Waals surface area (Å²) in [6.45, 7) is 3.10. The number of benzene rings is 2. The Morgan fingerprint density at radius 2 is 1.58 bits per heavy atom. The summed E-state index contributed by atoms with van der Waals surface area (Å²) in [7, 11) is -3.43. The highest BCUT2D eigenvalue weighted by Gasteiger charge is 2.29. The van der Waals surface area contributed by atoms with Crippen molar-refractivity contribution < 1.29 is 8.42 Å². The van der Waals surface area contributed by atoms with Crippen molar-refractivity contribution >= 4 is 27.3 Å². The van der Waals surface area contributed by atoms with Crippen LogP contribution in [0.5, 0.6) is 0 Å². The van der Waals surface area contributed by atoms with Crippen LogP contribution in [0, 0.1) is 6.92 Å². The molecular formula is C18H21ClN2O2S. The summed E-state index contributed by atoms with van der Waals surface area (Å²) >= 11 is 5.84. The summed E-state index contributed by atoms with van der Waals surface area (Å²) in [4.78, 5) is 0.303. The minimum Gasteiger partial charge on any atom is -0.382 e. The highest BCUT2D eigenvalue weighted by atomic mass is 35.5. The zero-order chi connectivity index (χ0) is 17.2. The second-order valence-corrected chi connectivity index (χ2v) is 8.52. The van der Waals surface area contributed by atoms with E-state index in [1.54, 1.807) is 28.6 Å². The van der Waals surface area contributed by atoms with Gasteiger partial charge >= 0.3 is 0 Å². The Kier molecular flexibility index (Phi) is 5.13. The summed E-state index contributed by atoms with van der Waals surface area (Å²) in [5.74, 6) is 0. The molecule has 128 valence electrons. The average Bonchev–Trinajstić information content (AvgIpc) is 2.58. The molecular weight excluding hydrogens is 344 g/mol. The number of rotatable bonds is 4. The Bertz CT molecular complexity index is 781. The quantitative estimate of drug-likeness (QED) is 0.894. The number of sulfonamides is 1. The van der Waals surface area contributed by atoms with E-state index in [-0.39, 0.29) is 0 Å². The first-order valence-electron chi connectivity index (χ1n) is 8.04. The highest BCUT2D eigenvalue weighted by Crippen LogP contribution is 2.23. The van der Waals surface area contributed by atoms with Gasteiger partial charge in [0.2, 0.25) is 10.0 Å². The zero-order valence-electron chi connectivity index (χ0n) is 13.6. The summed E-state index contributed by atoms with van der Waals surface area (Å²) in [6, 6.07) is 14.9. The summed E-state index contributed by atoms with van der Waals surface area (Å²) in [5, 5.41) is 4.03. The molecule has 1 aliphatic heterocycles. The van der Waals surface area contributed by atoms with Crippen LogP contribution in [0.15, 0.2) is 53.4 Å². The van der Waals surface area contributed by atoms with Gasteiger partial charge in [-0.1, -0.05) is 29.3 Å². The molecule has 0 amide bonds. The van der Waals surface area contributed by atoms with Crippen LogP contribution in [-0.2, 0) is 10.0 Å². The van der Waals surface area contributed by atoms with Crippen LogP contribution >= 0.6 is 11.6 Å². The number of hydrogen-bond donors (Lipinski definition) is 1. The normalized spacial score (nSPS) is 16.9. The third kappa shape index (κ3) is 3.91. The molecule has 0 atom stereocenters. The van der Waals surface area contributed by atoms with E-state index in [4.69, 9.17) is 11.6 Å². The number of nitrogens with zero attached hydrogens (tertiary/aromatic N) is 1. The number of anilines is 1. The first kappa shape index (κ1) is 17.3. The third-order valence-corrected chi connectivity index (χ3v) is 6.49. The minimum atomic E-state index is -3.43. The first-order valence-corrected chi connectivity index (χ1v) is 9.86. The molecule has 0 spiro atoms. The van der Waals surface area contributed by atoms with E-state index >= 15 is 0 Å². The predicted octanol–water partition coefficient (Wildman–Crippen LogP) is 3.91. The van der Waals surface area contributed by atoms with E-state index in [9.17, 15) is 8.42 Å². The highest BCUT2D eigenvalue weighted by molar-refractivity contribution is 7.89. The van der Waals surface area contributed by atoms with Gasteiger partial charge in [-0.05, 0) is 56.2 Å².